The predicted molar refractivity (Wildman–Crippen MR) is 290 cm³/mol. The molecule has 0 heterocycles. The molecule has 2 unspecified atom stereocenters. The van der Waals surface area contributed by atoms with Crippen LogP contribution in [0.2, 0.25) is 0 Å². The number of aliphatic carboxylic acids is 1. The molecule has 9 nitrogen and oxygen atoms in total. The average molecular weight is 965 g/mol. The Bertz CT molecular complexity index is 1450. The molecule has 394 valence electrons. The number of quaternary nitrogens is 1. The van der Waals surface area contributed by atoms with E-state index in [4.69, 9.17) is 18.9 Å². The molecule has 0 aliphatic rings. The molecule has 0 spiro atoms. The van der Waals surface area contributed by atoms with Gasteiger partial charge in [-0.3, -0.25) is 9.59 Å². The predicted octanol–water partition coefficient (Wildman–Crippen LogP) is 15.8. The van der Waals surface area contributed by atoms with Crippen LogP contribution in [0.4, 0.5) is 0 Å². The smallest absolute Gasteiger partial charge is 0.361 e. The van der Waals surface area contributed by atoms with Gasteiger partial charge in [0.25, 0.3) is 6.29 Å². The zero-order valence-electron chi connectivity index (χ0n) is 44.7. The minimum atomic E-state index is -1.52. The molecular formula is C60H102NO8+. The minimum Gasteiger partial charge on any atom is -0.477 e. The molecule has 0 aromatic carbocycles. The Morgan fingerprint density at radius 1 is 0.449 bits per heavy atom. The number of carbonyl (C=O) groups excluding carboxylic acids is 2. The fourth-order valence-electron chi connectivity index (χ4n) is 7.10. The number of ether oxygens (including phenoxy) is 4. The van der Waals surface area contributed by atoms with Crippen LogP contribution in [0.1, 0.15) is 206 Å². The monoisotopic (exact) mass is 965 g/mol. The Morgan fingerprint density at radius 2 is 0.826 bits per heavy atom. The second kappa shape index (κ2) is 50.6. The van der Waals surface area contributed by atoms with Crippen molar-refractivity contribution < 1.29 is 42.9 Å². The molecule has 69 heavy (non-hydrogen) atoms. The third kappa shape index (κ3) is 51.9. The molecule has 0 radical (unpaired) electrons. The fraction of sp³-hybridized carbons (Fsp3) is 0.683. The van der Waals surface area contributed by atoms with Crippen LogP contribution in [0.25, 0.3) is 0 Å². The van der Waals surface area contributed by atoms with Crippen molar-refractivity contribution >= 4 is 17.9 Å². The van der Waals surface area contributed by atoms with Gasteiger partial charge in [0, 0.05) is 12.8 Å². The molecule has 0 saturated heterocycles. The first-order chi connectivity index (χ1) is 33.6. The number of hydrogen-bond acceptors (Lipinski definition) is 7. The van der Waals surface area contributed by atoms with Gasteiger partial charge in [0.1, 0.15) is 13.2 Å². The summed E-state index contributed by atoms with van der Waals surface area (Å²) >= 11 is 0. The van der Waals surface area contributed by atoms with Crippen LogP contribution in [0.5, 0.6) is 0 Å². The summed E-state index contributed by atoms with van der Waals surface area (Å²) in [4.78, 5) is 37.3. The number of likely N-dealkylation sites (N-methyl/N-ethyl adjacent to an activating group) is 1. The van der Waals surface area contributed by atoms with Gasteiger partial charge in [-0.15, -0.1) is 0 Å². The van der Waals surface area contributed by atoms with Gasteiger partial charge in [0.05, 0.1) is 34.4 Å². The molecule has 1 N–H and O–H groups in total. The van der Waals surface area contributed by atoms with Crippen molar-refractivity contribution in [1.82, 2.24) is 0 Å². The fourth-order valence-corrected chi connectivity index (χ4v) is 7.10. The van der Waals surface area contributed by atoms with Crippen molar-refractivity contribution in [3.8, 4) is 0 Å². The maximum absolute atomic E-state index is 12.9. The number of nitrogens with zero attached hydrogens (tertiary/aromatic N) is 1. The summed E-state index contributed by atoms with van der Waals surface area (Å²) in [5.74, 6) is -2.04. The number of unbranched alkanes of at least 4 members (excludes halogenated alkanes) is 18. The largest absolute Gasteiger partial charge is 0.477 e. The Kier molecular flexibility index (Phi) is 47.8. The lowest BCUT2D eigenvalue weighted by atomic mass is 10.0. The Labute approximate surface area is 422 Å². The SMILES string of the molecule is CC/C=C\C/C=C\C/C=C\C/C=C\C/C=C\C/C=C\CCCCCCCCCCCCC(=O)OC(COC(=O)CCCCCCC/C=C\C/C=C\CCCCC)COC(OCC[N+](C)(C)C)C(=O)O. The lowest BCUT2D eigenvalue weighted by Crippen LogP contribution is -2.40. The molecule has 0 saturated carbocycles. The standard InChI is InChI=1S/C60H101NO8/c1-6-8-10-12-14-16-18-20-22-23-24-25-26-27-28-29-30-31-32-33-34-35-37-39-41-43-45-47-49-51-58(63)69-56(55-68-60(59(64)65)66-53-52-61(3,4)5)54-67-57(62)50-48-46-44-42-40-38-36-21-19-17-15-13-11-9-7-2/h8,10,14-17,20-22,24-25,27-28,30-31,36,56,60H,6-7,9,11-13,18-19,23,26,29,32-35,37-55H2,1-5H3/p+1/b10-8-,16-14-,17-15-,22-20-,25-24-,28-27-,31-30-,36-21-. The summed E-state index contributed by atoms with van der Waals surface area (Å²) in [6, 6.07) is 0. The highest BCUT2D eigenvalue weighted by Crippen LogP contribution is 2.14. The highest BCUT2D eigenvalue weighted by Gasteiger charge is 2.25. The Morgan fingerprint density at radius 3 is 1.23 bits per heavy atom. The molecular weight excluding hydrogens is 863 g/mol. The van der Waals surface area contributed by atoms with E-state index in [2.05, 4.69) is 111 Å². The van der Waals surface area contributed by atoms with E-state index in [0.29, 0.717) is 17.4 Å². The summed E-state index contributed by atoms with van der Waals surface area (Å²) in [6.07, 6.45) is 64.7. The highest BCUT2D eigenvalue weighted by atomic mass is 16.7. The number of carbonyl (C=O) groups is 3. The quantitative estimate of drug-likeness (QED) is 0.0211. The van der Waals surface area contributed by atoms with Gasteiger partial charge >= 0.3 is 17.9 Å². The molecule has 0 aromatic heterocycles. The van der Waals surface area contributed by atoms with E-state index in [1.54, 1.807) is 0 Å². The van der Waals surface area contributed by atoms with E-state index in [9.17, 15) is 19.5 Å². The van der Waals surface area contributed by atoms with Crippen LogP contribution in [0.3, 0.4) is 0 Å². The van der Waals surface area contributed by atoms with Crippen molar-refractivity contribution in [2.45, 2.75) is 219 Å². The summed E-state index contributed by atoms with van der Waals surface area (Å²) in [5.41, 5.74) is 0. The number of carboxylic acid groups (broad SMARTS) is 1. The molecule has 0 aliphatic carbocycles. The van der Waals surface area contributed by atoms with Crippen molar-refractivity contribution in [3.63, 3.8) is 0 Å². The first-order valence-corrected chi connectivity index (χ1v) is 27.4. The minimum absolute atomic E-state index is 0.180. The van der Waals surface area contributed by atoms with Gasteiger partial charge in [-0.25, -0.2) is 4.79 Å². The van der Waals surface area contributed by atoms with Gasteiger partial charge in [-0.1, -0.05) is 195 Å². The zero-order chi connectivity index (χ0) is 50.6. The number of carboxylic acids is 1. The van der Waals surface area contributed by atoms with E-state index >= 15 is 0 Å². The summed E-state index contributed by atoms with van der Waals surface area (Å²) in [5, 5.41) is 9.68. The van der Waals surface area contributed by atoms with Crippen molar-refractivity contribution in [2.24, 2.45) is 0 Å². The number of esters is 2. The second-order valence-electron chi connectivity index (χ2n) is 19.2. The van der Waals surface area contributed by atoms with Crippen LogP contribution in [-0.2, 0) is 33.3 Å². The van der Waals surface area contributed by atoms with Crippen molar-refractivity contribution in [2.75, 3.05) is 47.5 Å². The lowest BCUT2D eigenvalue weighted by molar-refractivity contribution is -0.870. The Balaban J connectivity index is 4.28. The number of allylic oxidation sites excluding steroid dienone is 16. The maximum Gasteiger partial charge on any atom is 0.361 e. The molecule has 0 fully saturated rings. The molecule has 9 heteroatoms. The van der Waals surface area contributed by atoms with Crippen LogP contribution in [-0.4, -0.2) is 87.4 Å². The Hall–Kier alpha value is -3.79. The van der Waals surface area contributed by atoms with Crippen LogP contribution in [0, 0.1) is 0 Å². The second-order valence-corrected chi connectivity index (χ2v) is 19.2. The van der Waals surface area contributed by atoms with E-state index in [0.717, 1.165) is 109 Å². The van der Waals surface area contributed by atoms with E-state index < -0.39 is 24.3 Å². The average Bonchev–Trinajstić information content (AvgIpc) is 3.31. The molecule has 0 rings (SSSR count). The van der Waals surface area contributed by atoms with Crippen LogP contribution >= 0.6 is 0 Å². The maximum atomic E-state index is 12.9. The number of rotatable bonds is 49. The topological polar surface area (TPSA) is 108 Å². The van der Waals surface area contributed by atoms with Gasteiger partial charge < -0.3 is 28.5 Å². The van der Waals surface area contributed by atoms with Gasteiger partial charge in [-0.05, 0) is 96.3 Å². The summed E-state index contributed by atoms with van der Waals surface area (Å²) in [7, 11) is 5.95. The lowest BCUT2D eigenvalue weighted by Gasteiger charge is -2.25. The highest BCUT2D eigenvalue weighted by molar-refractivity contribution is 5.71. The first kappa shape index (κ1) is 65.2. The normalized spacial score (nSPS) is 13.6. The van der Waals surface area contributed by atoms with Gasteiger partial charge in [-0.2, -0.15) is 0 Å². The molecule has 2 atom stereocenters. The van der Waals surface area contributed by atoms with Crippen molar-refractivity contribution in [3.05, 3.63) is 97.2 Å². The molecule has 0 aliphatic heterocycles. The van der Waals surface area contributed by atoms with Crippen LogP contribution < -0.4 is 0 Å². The van der Waals surface area contributed by atoms with Gasteiger partial charge in [0.15, 0.2) is 6.10 Å². The zero-order valence-corrected chi connectivity index (χ0v) is 44.7. The number of hydrogen-bond donors (Lipinski definition) is 1. The van der Waals surface area contributed by atoms with E-state index in [-0.39, 0.29) is 38.6 Å². The van der Waals surface area contributed by atoms with E-state index in [1.807, 2.05) is 21.1 Å². The van der Waals surface area contributed by atoms with Crippen LogP contribution in [0.15, 0.2) is 97.2 Å². The summed E-state index contributed by atoms with van der Waals surface area (Å²) in [6.45, 7) is 4.70. The van der Waals surface area contributed by atoms with E-state index in [1.165, 1.54) is 64.2 Å². The van der Waals surface area contributed by atoms with Crippen molar-refractivity contribution in [1.29, 1.82) is 0 Å². The third-order valence-corrected chi connectivity index (χ3v) is 11.3. The molecule has 0 bridgehead atoms. The first-order valence-electron chi connectivity index (χ1n) is 27.4. The third-order valence-electron chi connectivity index (χ3n) is 11.3. The molecule has 0 aromatic rings. The van der Waals surface area contributed by atoms with Gasteiger partial charge in [0.2, 0.25) is 0 Å². The summed E-state index contributed by atoms with van der Waals surface area (Å²) < 4.78 is 22.8. The molecule has 0 amide bonds.